The molecule has 0 amide bonds. The maximum atomic E-state index is 12.0. The summed E-state index contributed by atoms with van der Waals surface area (Å²) < 4.78 is 26.4. The highest BCUT2D eigenvalue weighted by molar-refractivity contribution is 7.89. The standard InChI is InChI=1S/C15H19N5O2S/c1-12-4-6-13(7-5-12)20-15(16)18-9-10-19-23(21,22)14-3-2-8-17-11-14/h2-8,11,19H,9-10H2,1H3,(H3,16,18,20). The van der Waals surface area contributed by atoms with Crippen molar-refractivity contribution < 1.29 is 8.42 Å². The van der Waals surface area contributed by atoms with E-state index in [0.717, 1.165) is 11.3 Å². The van der Waals surface area contributed by atoms with Crippen LogP contribution in [-0.2, 0) is 10.0 Å². The molecular weight excluding hydrogens is 314 g/mol. The van der Waals surface area contributed by atoms with E-state index in [1.165, 1.54) is 18.5 Å². The summed E-state index contributed by atoms with van der Waals surface area (Å²) in [5.41, 5.74) is 7.73. The van der Waals surface area contributed by atoms with Gasteiger partial charge in [-0.3, -0.25) is 9.98 Å². The molecule has 2 rings (SSSR count). The molecule has 1 aromatic carbocycles. The fraction of sp³-hybridized carbons (Fsp3) is 0.200. The van der Waals surface area contributed by atoms with Crippen molar-refractivity contribution in [3.8, 4) is 0 Å². The number of aliphatic imine (C=N–C) groups is 1. The summed E-state index contributed by atoms with van der Waals surface area (Å²) in [6, 6.07) is 10.7. The molecule has 7 nitrogen and oxygen atoms in total. The normalized spacial score (nSPS) is 12.1. The van der Waals surface area contributed by atoms with Crippen LogP contribution in [0.5, 0.6) is 0 Å². The van der Waals surface area contributed by atoms with Gasteiger partial charge in [0, 0.05) is 24.6 Å². The Hall–Kier alpha value is -2.45. The van der Waals surface area contributed by atoms with Crippen LogP contribution in [0.1, 0.15) is 5.56 Å². The van der Waals surface area contributed by atoms with E-state index in [9.17, 15) is 8.42 Å². The zero-order chi connectivity index (χ0) is 16.7. The second-order valence-corrected chi connectivity index (χ2v) is 6.61. The van der Waals surface area contributed by atoms with Crippen molar-refractivity contribution in [2.75, 3.05) is 18.4 Å². The highest BCUT2D eigenvalue weighted by atomic mass is 32.2. The Bertz CT molecular complexity index is 758. The van der Waals surface area contributed by atoms with Gasteiger partial charge >= 0.3 is 0 Å². The van der Waals surface area contributed by atoms with Crippen LogP contribution in [0.15, 0.2) is 58.7 Å². The van der Waals surface area contributed by atoms with Gasteiger partial charge in [0.15, 0.2) is 5.96 Å². The third-order valence-corrected chi connectivity index (χ3v) is 4.40. The van der Waals surface area contributed by atoms with Gasteiger partial charge in [-0.25, -0.2) is 13.1 Å². The summed E-state index contributed by atoms with van der Waals surface area (Å²) in [7, 11) is -3.56. The van der Waals surface area contributed by atoms with Crippen molar-refractivity contribution in [2.24, 2.45) is 10.7 Å². The van der Waals surface area contributed by atoms with Crippen LogP contribution in [0.3, 0.4) is 0 Å². The molecule has 1 aromatic heterocycles. The summed E-state index contributed by atoms with van der Waals surface area (Å²) >= 11 is 0. The number of pyridine rings is 1. The number of rotatable bonds is 6. The van der Waals surface area contributed by atoms with Gasteiger partial charge < -0.3 is 11.1 Å². The molecule has 0 spiro atoms. The topological polar surface area (TPSA) is 109 Å². The lowest BCUT2D eigenvalue weighted by Crippen LogP contribution is -2.28. The summed E-state index contributed by atoms with van der Waals surface area (Å²) in [6.07, 6.45) is 2.81. The Kier molecular flexibility index (Phi) is 5.67. The molecule has 0 radical (unpaired) electrons. The number of benzene rings is 1. The van der Waals surface area contributed by atoms with Gasteiger partial charge in [-0.15, -0.1) is 0 Å². The first-order chi connectivity index (χ1) is 11.0. The number of nitrogens with one attached hydrogen (secondary N) is 2. The number of sulfonamides is 1. The van der Waals surface area contributed by atoms with Gasteiger partial charge in [-0.1, -0.05) is 17.7 Å². The van der Waals surface area contributed by atoms with Gasteiger partial charge in [0.25, 0.3) is 0 Å². The van der Waals surface area contributed by atoms with E-state index in [4.69, 9.17) is 5.73 Å². The molecule has 4 N–H and O–H groups in total. The summed E-state index contributed by atoms with van der Waals surface area (Å²) in [6.45, 7) is 2.37. The van der Waals surface area contributed by atoms with E-state index in [0.29, 0.717) is 0 Å². The van der Waals surface area contributed by atoms with Crippen LogP contribution in [0, 0.1) is 6.92 Å². The predicted octanol–water partition coefficient (Wildman–Crippen LogP) is 1.10. The Labute approximate surface area is 135 Å². The number of nitrogens with zero attached hydrogens (tertiary/aromatic N) is 2. The molecule has 0 aliphatic heterocycles. The highest BCUT2D eigenvalue weighted by Gasteiger charge is 2.12. The summed E-state index contributed by atoms with van der Waals surface area (Å²) in [5.74, 6) is 0.231. The number of guanidine groups is 1. The van der Waals surface area contributed by atoms with Crippen LogP contribution in [0.25, 0.3) is 0 Å². The minimum absolute atomic E-state index is 0.120. The number of hydrogen-bond donors (Lipinski definition) is 3. The number of anilines is 1. The lowest BCUT2D eigenvalue weighted by atomic mass is 10.2. The molecular formula is C15H19N5O2S. The Balaban J connectivity index is 1.83. The van der Waals surface area contributed by atoms with Crippen molar-refractivity contribution in [3.63, 3.8) is 0 Å². The lowest BCUT2D eigenvalue weighted by Gasteiger charge is -2.07. The van der Waals surface area contributed by atoms with Gasteiger partial charge in [0.1, 0.15) is 4.90 Å². The first-order valence-corrected chi connectivity index (χ1v) is 8.49. The number of nitrogens with two attached hydrogens (primary N) is 1. The van der Waals surface area contributed by atoms with Crippen molar-refractivity contribution in [2.45, 2.75) is 11.8 Å². The third kappa shape index (κ3) is 5.35. The molecule has 0 aliphatic carbocycles. The predicted molar refractivity (Wildman–Crippen MR) is 90.7 cm³/mol. The molecule has 0 aliphatic rings. The zero-order valence-electron chi connectivity index (χ0n) is 12.7. The summed E-state index contributed by atoms with van der Waals surface area (Å²) in [4.78, 5) is 7.98. The Morgan fingerprint density at radius 3 is 2.65 bits per heavy atom. The first kappa shape index (κ1) is 16.9. The average Bonchev–Trinajstić information content (AvgIpc) is 2.55. The zero-order valence-corrected chi connectivity index (χ0v) is 13.5. The van der Waals surface area contributed by atoms with E-state index in [1.54, 1.807) is 6.07 Å². The maximum absolute atomic E-state index is 12.0. The molecule has 0 unspecified atom stereocenters. The average molecular weight is 333 g/mol. The molecule has 23 heavy (non-hydrogen) atoms. The second-order valence-electron chi connectivity index (χ2n) is 4.84. The van der Waals surface area contributed by atoms with E-state index >= 15 is 0 Å². The van der Waals surface area contributed by atoms with Crippen LogP contribution in [0.4, 0.5) is 5.69 Å². The number of aryl methyl sites for hydroxylation is 1. The SMILES string of the molecule is Cc1ccc(NC(N)=NCCNS(=O)(=O)c2cccnc2)cc1. The Morgan fingerprint density at radius 1 is 1.26 bits per heavy atom. The fourth-order valence-electron chi connectivity index (χ4n) is 1.77. The van der Waals surface area contributed by atoms with E-state index in [-0.39, 0.29) is 23.9 Å². The van der Waals surface area contributed by atoms with Crippen LogP contribution in [-0.4, -0.2) is 32.5 Å². The molecule has 1 heterocycles. The maximum Gasteiger partial charge on any atom is 0.242 e. The first-order valence-electron chi connectivity index (χ1n) is 7.01. The van der Waals surface area contributed by atoms with E-state index in [1.807, 2.05) is 31.2 Å². The van der Waals surface area contributed by atoms with Crippen molar-refractivity contribution in [1.29, 1.82) is 0 Å². The smallest absolute Gasteiger partial charge is 0.242 e. The highest BCUT2D eigenvalue weighted by Crippen LogP contribution is 2.08. The quantitative estimate of drug-likeness (QED) is 0.416. The van der Waals surface area contributed by atoms with Crippen molar-refractivity contribution in [1.82, 2.24) is 9.71 Å². The minimum Gasteiger partial charge on any atom is -0.370 e. The van der Waals surface area contributed by atoms with Gasteiger partial charge in [-0.05, 0) is 31.2 Å². The van der Waals surface area contributed by atoms with Crippen molar-refractivity contribution >= 4 is 21.7 Å². The van der Waals surface area contributed by atoms with Crippen molar-refractivity contribution in [3.05, 3.63) is 54.4 Å². The lowest BCUT2D eigenvalue weighted by molar-refractivity contribution is 0.582. The summed E-state index contributed by atoms with van der Waals surface area (Å²) in [5, 5.41) is 2.94. The number of aromatic nitrogens is 1. The molecule has 0 saturated carbocycles. The molecule has 0 fully saturated rings. The van der Waals surface area contributed by atoms with Crippen LogP contribution >= 0.6 is 0 Å². The van der Waals surface area contributed by atoms with E-state index in [2.05, 4.69) is 20.0 Å². The molecule has 2 aromatic rings. The third-order valence-electron chi connectivity index (χ3n) is 2.95. The molecule has 0 saturated heterocycles. The monoisotopic (exact) mass is 333 g/mol. The molecule has 0 bridgehead atoms. The van der Waals surface area contributed by atoms with Gasteiger partial charge in [0.2, 0.25) is 10.0 Å². The van der Waals surface area contributed by atoms with Crippen LogP contribution in [0.2, 0.25) is 0 Å². The van der Waals surface area contributed by atoms with E-state index < -0.39 is 10.0 Å². The van der Waals surface area contributed by atoms with Crippen LogP contribution < -0.4 is 15.8 Å². The van der Waals surface area contributed by atoms with Gasteiger partial charge in [0.05, 0.1) is 6.54 Å². The van der Waals surface area contributed by atoms with Gasteiger partial charge in [-0.2, -0.15) is 0 Å². The number of hydrogen-bond acceptors (Lipinski definition) is 4. The Morgan fingerprint density at radius 2 is 2.00 bits per heavy atom. The minimum atomic E-state index is -3.56. The molecule has 0 atom stereocenters. The molecule has 8 heteroatoms. The molecule has 122 valence electrons. The second kappa shape index (κ2) is 7.70. The fourth-order valence-corrected chi connectivity index (χ4v) is 2.75. The largest absolute Gasteiger partial charge is 0.370 e.